The van der Waals surface area contributed by atoms with E-state index in [1.165, 1.54) is 4.90 Å². The van der Waals surface area contributed by atoms with Crippen LogP contribution >= 0.6 is 0 Å². The van der Waals surface area contributed by atoms with Crippen molar-refractivity contribution in [1.82, 2.24) is 0 Å². The number of aliphatic hydroxyl groups excluding tert-OH is 1. The Labute approximate surface area is 101 Å². The Morgan fingerprint density at radius 1 is 1.47 bits per heavy atom. The average molecular weight is 238 g/mol. The van der Waals surface area contributed by atoms with Crippen molar-refractivity contribution in [3.63, 3.8) is 0 Å². The molecule has 0 bridgehead atoms. The Bertz CT molecular complexity index is 365. The Kier molecular flexibility index (Phi) is 4.93. The number of likely N-dealkylation sites (N-methyl/N-ethyl adjacent to an activating group) is 1. The van der Waals surface area contributed by atoms with E-state index in [-0.39, 0.29) is 12.5 Å². The molecule has 1 unspecified atom stereocenters. The zero-order valence-electron chi connectivity index (χ0n) is 10.1. The molecule has 1 amide bonds. The van der Waals surface area contributed by atoms with Gasteiger partial charge in [0, 0.05) is 12.7 Å². The van der Waals surface area contributed by atoms with E-state index >= 15 is 0 Å². The monoisotopic (exact) mass is 238 g/mol. The van der Waals surface area contributed by atoms with Crippen LogP contribution in [-0.2, 0) is 4.79 Å². The molecule has 1 atom stereocenters. The fourth-order valence-corrected chi connectivity index (χ4v) is 1.39. The number of hydrogen-bond acceptors (Lipinski definition) is 4. The van der Waals surface area contributed by atoms with E-state index in [2.05, 4.69) is 0 Å². The van der Waals surface area contributed by atoms with Crippen molar-refractivity contribution in [1.29, 1.82) is 0 Å². The van der Waals surface area contributed by atoms with Crippen molar-refractivity contribution in [2.45, 2.75) is 13.0 Å². The molecule has 1 aromatic carbocycles. The summed E-state index contributed by atoms with van der Waals surface area (Å²) in [6, 6.07) is 6.23. The lowest BCUT2D eigenvalue weighted by molar-refractivity contribution is -0.120. The highest BCUT2D eigenvalue weighted by Crippen LogP contribution is 2.18. The summed E-state index contributed by atoms with van der Waals surface area (Å²) >= 11 is 0. The Morgan fingerprint density at radius 2 is 2.06 bits per heavy atom. The van der Waals surface area contributed by atoms with E-state index in [1.54, 1.807) is 31.3 Å². The predicted molar refractivity (Wildman–Crippen MR) is 66.1 cm³/mol. The molecule has 0 aromatic heterocycles. The topological polar surface area (TPSA) is 75.8 Å². The van der Waals surface area contributed by atoms with Crippen LogP contribution in [0.2, 0.25) is 0 Å². The van der Waals surface area contributed by atoms with Crippen LogP contribution in [-0.4, -0.2) is 37.3 Å². The number of aliphatic hydroxyl groups is 1. The number of carbonyl (C=O) groups excluding carboxylic acids is 1. The van der Waals surface area contributed by atoms with Crippen molar-refractivity contribution in [3.8, 4) is 5.75 Å². The number of nitrogens with two attached hydrogens (primary N) is 1. The molecule has 0 saturated carbocycles. The molecule has 0 aliphatic rings. The number of hydrogen-bond donors (Lipinski definition) is 2. The highest BCUT2D eigenvalue weighted by atomic mass is 16.5. The van der Waals surface area contributed by atoms with Gasteiger partial charge in [0.15, 0.2) is 0 Å². The van der Waals surface area contributed by atoms with Crippen LogP contribution in [0.4, 0.5) is 5.69 Å². The standard InChI is InChI=1S/C12H18N2O3/c1-3-17-10-6-4-9(5-7-10)14(2)12(16)11(13)8-15/h4-7,11,15H,3,8,13H2,1-2H3. The molecule has 0 radical (unpaired) electrons. The summed E-state index contributed by atoms with van der Waals surface area (Å²) in [5.41, 5.74) is 6.18. The molecule has 3 N–H and O–H groups in total. The lowest BCUT2D eigenvalue weighted by Gasteiger charge is -2.20. The van der Waals surface area contributed by atoms with Crippen LogP contribution in [0.25, 0.3) is 0 Å². The number of amides is 1. The molecule has 0 aliphatic heterocycles. The first-order valence-electron chi connectivity index (χ1n) is 5.47. The lowest BCUT2D eigenvalue weighted by Crippen LogP contribution is -2.44. The normalized spacial score (nSPS) is 12.0. The van der Waals surface area contributed by atoms with Gasteiger partial charge in [-0.3, -0.25) is 4.79 Å². The molecular formula is C12H18N2O3. The van der Waals surface area contributed by atoms with Gasteiger partial charge in [-0.1, -0.05) is 0 Å². The molecule has 0 spiro atoms. The zero-order chi connectivity index (χ0) is 12.8. The summed E-state index contributed by atoms with van der Waals surface area (Å²) in [7, 11) is 1.62. The first-order chi connectivity index (χ1) is 8.10. The Hall–Kier alpha value is -1.59. The van der Waals surface area contributed by atoms with Crippen LogP contribution < -0.4 is 15.4 Å². The zero-order valence-corrected chi connectivity index (χ0v) is 10.1. The van der Waals surface area contributed by atoms with E-state index in [0.29, 0.717) is 12.3 Å². The summed E-state index contributed by atoms with van der Waals surface area (Å²) < 4.78 is 5.30. The molecule has 1 aromatic rings. The van der Waals surface area contributed by atoms with E-state index < -0.39 is 6.04 Å². The Morgan fingerprint density at radius 3 is 2.53 bits per heavy atom. The number of rotatable bonds is 5. The molecule has 94 valence electrons. The molecule has 0 heterocycles. The maximum atomic E-state index is 11.7. The van der Waals surface area contributed by atoms with Gasteiger partial charge in [0.1, 0.15) is 11.8 Å². The van der Waals surface area contributed by atoms with E-state index in [0.717, 1.165) is 5.75 Å². The number of anilines is 1. The van der Waals surface area contributed by atoms with Gasteiger partial charge in [0.25, 0.3) is 0 Å². The third kappa shape index (κ3) is 3.44. The van der Waals surface area contributed by atoms with Gasteiger partial charge in [-0.25, -0.2) is 0 Å². The molecule has 5 heteroatoms. The van der Waals surface area contributed by atoms with Crippen LogP contribution in [0.15, 0.2) is 24.3 Å². The third-order valence-corrected chi connectivity index (χ3v) is 2.38. The summed E-state index contributed by atoms with van der Waals surface area (Å²) in [5, 5.41) is 8.82. The summed E-state index contributed by atoms with van der Waals surface area (Å²) in [6.07, 6.45) is 0. The fourth-order valence-electron chi connectivity index (χ4n) is 1.39. The summed E-state index contributed by atoms with van der Waals surface area (Å²) in [6.45, 7) is 2.15. The molecule has 0 aliphatic carbocycles. The minimum Gasteiger partial charge on any atom is -0.494 e. The molecule has 5 nitrogen and oxygen atoms in total. The molecule has 17 heavy (non-hydrogen) atoms. The van der Waals surface area contributed by atoms with Crippen molar-refractivity contribution >= 4 is 11.6 Å². The minimum atomic E-state index is -0.883. The van der Waals surface area contributed by atoms with Gasteiger partial charge in [-0.2, -0.15) is 0 Å². The second-order valence-corrected chi connectivity index (χ2v) is 3.61. The molecule has 0 fully saturated rings. The van der Waals surface area contributed by atoms with Gasteiger partial charge < -0.3 is 20.5 Å². The van der Waals surface area contributed by atoms with Crippen molar-refractivity contribution in [2.24, 2.45) is 5.73 Å². The van der Waals surface area contributed by atoms with Gasteiger partial charge in [-0.05, 0) is 31.2 Å². The van der Waals surface area contributed by atoms with Crippen LogP contribution in [0, 0.1) is 0 Å². The Balaban J connectivity index is 2.75. The maximum absolute atomic E-state index is 11.7. The number of ether oxygens (including phenoxy) is 1. The highest BCUT2D eigenvalue weighted by molar-refractivity contribution is 5.96. The predicted octanol–water partition coefficient (Wildman–Crippen LogP) is 0.368. The van der Waals surface area contributed by atoms with E-state index in [1.807, 2.05) is 6.92 Å². The summed E-state index contributed by atoms with van der Waals surface area (Å²) in [5.74, 6) is 0.431. The van der Waals surface area contributed by atoms with Gasteiger partial charge >= 0.3 is 0 Å². The van der Waals surface area contributed by atoms with Crippen LogP contribution in [0.3, 0.4) is 0 Å². The number of benzene rings is 1. The van der Waals surface area contributed by atoms with Crippen molar-refractivity contribution in [2.75, 3.05) is 25.2 Å². The highest BCUT2D eigenvalue weighted by Gasteiger charge is 2.18. The van der Waals surface area contributed by atoms with Gasteiger partial charge in [0.05, 0.1) is 13.2 Å². The smallest absolute Gasteiger partial charge is 0.246 e. The summed E-state index contributed by atoms with van der Waals surface area (Å²) in [4.78, 5) is 13.1. The number of carbonyl (C=O) groups is 1. The average Bonchev–Trinajstić information content (AvgIpc) is 2.37. The van der Waals surface area contributed by atoms with Crippen molar-refractivity contribution in [3.05, 3.63) is 24.3 Å². The van der Waals surface area contributed by atoms with E-state index in [9.17, 15) is 4.79 Å². The lowest BCUT2D eigenvalue weighted by atomic mass is 10.2. The van der Waals surface area contributed by atoms with Gasteiger partial charge in [-0.15, -0.1) is 0 Å². The molecular weight excluding hydrogens is 220 g/mol. The second-order valence-electron chi connectivity index (χ2n) is 3.61. The second kappa shape index (κ2) is 6.22. The van der Waals surface area contributed by atoms with Gasteiger partial charge in [0.2, 0.25) is 5.91 Å². The minimum absolute atomic E-state index is 0.323. The first-order valence-corrected chi connectivity index (χ1v) is 5.47. The number of nitrogens with zero attached hydrogens (tertiary/aromatic N) is 1. The van der Waals surface area contributed by atoms with E-state index in [4.69, 9.17) is 15.6 Å². The van der Waals surface area contributed by atoms with Crippen LogP contribution in [0.1, 0.15) is 6.92 Å². The van der Waals surface area contributed by atoms with Crippen molar-refractivity contribution < 1.29 is 14.6 Å². The first kappa shape index (κ1) is 13.5. The maximum Gasteiger partial charge on any atom is 0.246 e. The fraction of sp³-hybridized carbons (Fsp3) is 0.417. The SMILES string of the molecule is CCOc1ccc(N(C)C(=O)C(N)CO)cc1. The third-order valence-electron chi connectivity index (χ3n) is 2.38. The largest absolute Gasteiger partial charge is 0.494 e. The molecule has 0 saturated heterocycles. The molecule has 1 rings (SSSR count). The van der Waals surface area contributed by atoms with Crippen LogP contribution in [0.5, 0.6) is 5.75 Å². The quantitative estimate of drug-likeness (QED) is 0.777.